The average Bonchev–Trinajstić information content (AvgIpc) is 1.99. The molecule has 0 aliphatic rings. The van der Waals surface area contributed by atoms with E-state index in [1.54, 1.807) is 20.8 Å². The molecule has 1 atom stereocenters. The van der Waals surface area contributed by atoms with Crippen LogP contribution in [0.3, 0.4) is 0 Å². The number of esters is 1. The summed E-state index contributed by atoms with van der Waals surface area (Å²) >= 11 is 0. The first-order valence-corrected chi connectivity index (χ1v) is 4.18. The Morgan fingerprint density at radius 1 is 1.40 bits per heavy atom. The Labute approximate surface area is 94.7 Å². The fourth-order valence-electron chi connectivity index (χ4n) is 0.508. The van der Waals surface area contributed by atoms with Gasteiger partial charge in [-0.25, -0.2) is 9.59 Å². The molecule has 0 aromatic heterocycles. The SMILES string of the molecule is CC(C)C(C)(N)OC(=O)/C=C\C(=O)O.Cl. The lowest BCUT2D eigenvalue weighted by Crippen LogP contribution is -2.45. The third-order valence-corrected chi connectivity index (χ3v) is 1.83. The van der Waals surface area contributed by atoms with E-state index in [9.17, 15) is 9.59 Å². The van der Waals surface area contributed by atoms with Crippen molar-refractivity contribution < 1.29 is 19.4 Å². The van der Waals surface area contributed by atoms with Crippen LogP contribution in [0.5, 0.6) is 0 Å². The topological polar surface area (TPSA) is 89.6 Å². The number of carboxylic acid groups (broad SMARTS) is 1. The van der Waals surface area contributed by atoms with E-state index < -0.39 is 17.7 Å². The van der Waals surface area contributed by atoms with E-state index in [0.717, 1.165) is 6.08 Å². The Morgan fingerprint density at radius 3 is 2.20 bits per heavy atom. The minimum absolute atomic E-state index is 0. The zero-order chi connectivity index (χ0) is 11.4. The summed E-state index contributed by atoms with van der Waals surface area (Å²) < 4.78 is 4.84. The second-order valence-electron chi connectivity index (χ2n) is 3.43. The lowest BCUT2D eigenvalue weighted by atomic mass is 10.0. The van der Waals surface area contributed by atoms with Gasteiger partial charge in [-0.1, -0.05) is 13.8 Å². The number of aliphatic carboxylic acids is 1. The summed E-state index contributed by atoms with van der Waals surface area (Å²) in [5.74, 6) is -2.01. The van der Waals surface area contributed by atoms with E-state index in [2.05, 4.69) is 0 Å². The fraction of sp³-hybridized carbons (Fsp3) is 0.556. The molecule has 0 heterocycles. The van der Waals surface area contributed by atoms with Gasteiger partial charge in [0.1, 0.15) is 0 Å². The zero-order valence-corrected chi connectivity index (χ0v) is 9.71. The molecule has 0 bridgehead atoms. The molecule has 0 aromatic rings. The summed E-state index contributed by atoms with van der Waals surface area (Å²) in [6.45, 7) is 5.16. The van der Waals surface area contributed by atoms with Crippen molar-refractivity contribution in [3.8, 4) is 0 Å². The van der Waals surface area contributed by atoms with Gasteiger partial charge in [0, 0.05) is 18.1 Å². The number of carbonyl (C=O) groups excluding carboxylic acids is 1. The monoisotopic (exact) mass is 237 g/mol. The van der Waals surface area contributed by atoms with E-state index >= 15 is 0 Å². The van der Waals surface area contributed by atoms with Crippen molar-refractivity contribution >= 4 is 24.3 Å². The van der Waals surface area contributed by atoms with Gasteiger partial charge in [-0.3, -0.25) is 5.73 Å². The molecule has 15 heavy (non-hydrogen) atoms. The zero-order valence-electron chi connectivity index (χ0n) is 8.89. The van der Waals surface area contributed by atoms with Crippen molar-refractivity contribution in [1.29, 1.82) is 0 Å². The van der Waals surface area contributed by atoms with Crippen molar-refractivity contribution in [1.82, 2.24) is 0 Å². The standard InChI is InChI=1S/C9H15NO4.ClH/c1-6(2)9(3,10)14-8(13)5-4-7(11)12;/h4-6H,10H2,1-3H3,(H,11,12);1H/b5-4-;. The van der Waals surface area contributed by atoms with Gasteiger partial charge in [0.15, 0.2) is 5.72 Å². The maximum atomic E-state index is 11.0. The Balaban J connectivity index is 0. The molecule has 5 nitrogen and oxygen atoms in total. The van der Waals surface area contributed by atoms with Gasteiger partial charge in [-0.2, -0.15) is 0 Å². The summed E-state index contributed by atoms with van der Waals surface area (Å²) in [4.78, 5) is 21.1. The molecule has 0 radical (unpaired) electrons. The van der Waals surface area contributed by atoms with Gasteiger partial charge >= 0.3 is 11.9 Å². The number of hydrogen-bond acceptors (Lipinski definition) is 4. The highest BCUT2D eigenvalue weighted by Crippen LogP contribution is 2.14. The lowest BCUT2D eigenvalue weighted by molar-refractivity contribution is -0.156. The van der Waals surface area contributed by atoms with E-state index in [1.807, 2.05) is 0 Å². The molecule has 0 saturated carbocycles. The second-order valence-corrected chi connectivity index (χ2v) is 3.43. The van der Waals surface area contributed by atoms with Crippen LogP contribution in [-0.4, -0.2) is 22.8 Å². The van der Waals surface area contributed by atoms with E-state index in [-0.39, 0.29) is 18.3 Å². The highest BCUT2D eigenvalue weighted by molar-refractivity contribution is 5.90. The Hall–Kier alpha value is -1.07. The summed E-state index contributed by atoms with van der Waals surface area (Å²) in [6.07, 6.45) is 1.54. The van der Waals surface area contributed by atoms with Crippen LogP contribution >= 0.6 is 12.4 Å². The molecular weight excluding hydrogens is 222 g/mol. The van der Waals surface area contributed by atoms with Crippen molar-refractivity contribution in [2.75, 3.05) is 0 Å². The number of rotatable bonds is 4. The second kappa shape index (κ2) is 6.42. The molecule has 0 amide bonds. The fourth-order valence-corrected chi connectivity index (χ4v) is 0.508. The quantitative estimate of drug-likeness (QED) is 0.431. The Morgan fingerprint density at radius 2 is 1.87 bits per heavy atom. The highest BCUT2D eigenvalue weighted by atomic mass is 35.5. The molecule has 0 aliphatic heterocycles. The summed E-state index contributed by atoms with van der Waals surface area (Å²) in [5.41, 5.74) is 4.56. The Kier molecular flexibility index (Phi) is 7.00. The van der Waals surface area contributed by atoms with Crippen molar-refractivity contribution in [2.45, 2.75) is 26.5 Å². The first-order valence-electron chi connectivity index (χ1n) is 4.18. The van der Waals surface area contributed by atoms with Gasteiger partial charge in [-0.05, 0) is 6.92 Å². The van der Waals surface area contributed by atoms with Crippen LogP contribution in [0.15, 0.2) is 12.2 Å². The van der Waals surface area contributed by atoms with Gasteiger partial charge in [0.2, 0.25) is 0 Å². The van der Waals surface area contributed by atoms with Crippen LogP contribution in [0.25, 0.3) is 0 Å². The van der Waals surface area contributed by atoms with Crippen LogP contribution in [0.4, 0.5) is 0 Å². The van der Waals surface area contributed by atoms with E-state index in [1.165, 1.54) is 0 Å². The minimum atomic E-state index is -1.20. The first kappa shape index (κ1) is 16.4. The summed E-state index contributed by atoms with van der Waals surface area (Å²) in [6, 6.07) is 0. The van der Waals surface area contributed by atoms with Crippen LogP contribution in [0, 0.1) is 5.92 Å². The minimum Gasteiger partial charge on any atom is -0.478 e. The molecule has 6 heteroatoms. The van der Waals surface area contributed by atoms with E-state index in [4.69, 9.17) is 15.6 Å². The normalized spacial score (nSPS) is 14.5. The number of carboxylic acids is 1. The predicted octanol–water partition coefficient (Wildman–Crippen LogP) is 0.923. The first-order chi connectivity index (χ1) is 6.25. The molecule has 0 fully saturated rings. The van der Waals surface area contributed by atoms with Gasteiger partial charge in [-0.15, -0.1) is 12.4 Å². The number of ether oxygens (including phenoxy) is 1. The number of carbonyl (C=O) groups is 2. The van der Waals surface area contributed by atoms with Crippen molar-refractivity contribution in [3.63, 3.8) is 0 Å². The lowest BCUT2D eigenvalue weighted by Gasteiger charge is -2.28. The number of hydrogen-bond donors (Lipinski definition) is 2. The Bertz CT molecular complexity index is 261. The molecule has 88 valence electrons. The van der Waals surface area contributed by atoms with Crippen LogP contribution in [-0.2, 0) is 14.3 Å². The van der Waals surface area contributed by atoms with Gasteiger partial charge < -0.3 is 9.84 Å². The molecular formula is C9H16ClNO4. The smallest absolute Gasteiger partial charge is 0.332 e. The molecule has 0 aromatic carbocycles. The predicted molar refractivity (Wildman–Crippen MR) is 57.5 cm³/mol. The van der Waals surface area contributed by atoms with Crippen molar-refractivity contribution in [3.05, 3.63) is 12.2 Å². The van der Waals surface area contributed by atoms with Crippen LogP contribution < -0.4 is 5.73 Å². The summed E-state index contributed by atoms with van der Waals surface area (Å²) in [5, 5.41) is 8.24. The highest BCUT2D eigenvalue weighted by Gasteiger charge is 2.26. The molecule has 0 aliphatic carbocycles. The van der Waals surface area contributed by atoms with Crippen molar-refractivity contribution in [2.24, 2.45) is 11.7 Å². The third kappa shape index (κ3) is 6.93. The maximum absolute atomic E-state index is 11.0. The third-order valence-electron chi connectivity index (χ3n) is 1.83. The van der Waals surface area contributed by atoms with Crippen LogP contribution in [0.2, 0.25) is 0 Å². The molecule has 0 saturated heterocycles. The molecule has 3 N–H and O–H groups in total. The summed E-state index contributed by atoms with van der Waals surface area (Å²) in [7, 11) is 0. The average molecular weight is 238 g/mol. The molecule has 1 unspecified atom stereocenters. The van der Waals surface area contributed by atoms with E-state index in [0.29, 0.717) is 6.08 Å². The number of halogens is 1. The van der Waals surface area contributed by atoms with Gasteiger partial charge in [0.05, 0.1) is 0 Å². The molecule has 0 rings (SSSR count). The molecule has 0 spiro atoms. The van der Waals surface area contributed by atoms with Gasteiger partial charge in [0.25, 0.3) is 0 Å². The number of nitrogens with two attached hydrogens (primary N) is 1. The largest absolute Gasteiger partial charge is 0.478 e. The maximum Gasteiger partial charge on any atom is 0.332 e. The van der Waals surface area contributed by atoms with Crippen LogP contribution in [0.1, 0.15) is 20.8 Å².